The molecule has 0 saturated heterocycles. The van der Waals surface area contributed by atoms with E-state index in [1.54, 1.807) is 17.5 Å². The molecular weight excluding hydrogens is 240 g/mol. The first-order valence-corrected chi connectivity index (χ1v) is 6.62. The van der Waals surface area contributed by atoms with Crippen molar-refractivity contribution in [2.45, 2.75) is 0 Å². The highest BCUT2D eigenvalue weighted by atomic mass is 32.1. The van der Waals surface area contributed by atoms with Gasteiger partial charge in [0, 0.05) is 17.3 Å². The third-order valence-electron chi connectivity index (χ3n) is 2.65. The maximum Gasteiger partial charge on any atom is 0.187 e. The Morgan fingerprint density at radius 1 is 0.889 bits per heavy atom. The minimum atomic E-state index is 0.917. The molecule has 0 amide bonds. The molecule has 88 valence electrons. The van der Waals surface area contributed by atoms with Gasteiger partial charge in [-0.1, -0.05) is 42.5 Å². The molecule has 0 atom stereocenters. The van der Waals surface area contributed by atoms with Crippen molar-refractivity contribution >= 4 is 22.2 Å². The molecule has 0 spiro atoms. The molecule has 2 aromatic carbocycles. The minimum absolute atomic E-state index is 0.917. The van der Waals surface area contributed by atoms with Crippen LogP contribution in [0.25, 0.3) is 11.1 Å². The fraction of sp³-hybridized carbons (Fsp3) is 0. The largest absolute Gasteiger partial charge is 0.332 e. The van der Waals surface area contributed by atoms with Gasteiger partial charge in [-0.25, -0.2) is 4.98 Å². The predicted octanol–water partition coefficient (Wildman–Crippen LogP) is 4.55. The molecule has 0 unspecified atom stereocenters. The Kier molecular flexibility index (Phi) is 3.07. The first kappa shape index (κ1) is 11.0. The fourth-order valence-corrected chi connectivity index (χ4v) is 2.36. The van der Waals surface area contributed by atoms with E-state index in [-0.39, 0.29) is 0 Å². The van der Waals surface area contributed by atoms with Crippen molar-refractivity contribution in [3.63, 3.8) is 0 Å². The standard InChI is InChI=1S/C15H12N2S/c1-2-5-12(6-3-1)13-7-4-8-14(11-13)17-15-16-9-10-18-15/h1-11H,(H,16,17). The van der Waals surface area contributed by atoms with Crippen molar-refractivity contribution in [3.8, 4) is 11.1 Å². The summed E-state index contributed by atoms with van der Waals surface area (Å²) in [6, 6.07) is 18.7. The number of nitrogens with zero attached hydrogens (tertiary/aromatic N) is 1. The molecule has 0 bridgehead atoms. The zero-order chi connectivity index (χ0) is 12.2. The molecule has 3 aromatic rings. The first-order valence-electron chi connectivity index (χ1n) is 5.74. The van der Waals surface area contributed by atoms with Crippen LogP contribution in [0.1, 0.15) is 0 Å². The van der Waals surface area contributed by atoms with Crippen LogP contribution in [-0.4, -0.2) is 4.98 Å². The van der Waals surface area contributed by atoms with Gasteiger partial charge < -0.3 is 5.32 Å². The van der Waals surface area contributed by atoms with Crippen LogP contribution in [0.2, 0.25) is 0 Å². The normalized spacial score (nSPS) is 10.2. The Morgan fingerprint density at radius 2 is 1.72 bits per heavy atom. The van der Waals surface area contributed by atoms with Crippen molar-refractivity contribution < 1.29 is 0 Å². The Labute approximate surface area is 110 Å². The number of rotatable bonds is 3. The van der Waals surface area contributed by atoms with Gasteiger partial charge >= 0.3 is 0 Å². The highest BCUT2D eigenvalue weighted by Crippen LogP contribution is 2.25. The lowest BCUT2D eigenvalue weighted by Gasteiger charge is -2.06. The van der Waals surface area contributed by atoms with Crippen molar-refractivity contribution in [1.29, 1.82) is 0 Å². The van der Waals surface area contributed by atoms with Crippen molar-refractivity contribution in [2.75, 3.05) is 5.32 Å². The van der Waals surface area contributed by atoms with Gasteiger partial charge in [-0.3, -0.25) is 0 Å². The fourth-order valence-electron chi connectivity index (χ4n) is 1.82. The van der Waals surface area contributed by atoms with Gasteiger partial charge in [-0.05, 0) is 23.3 Å². The summed E-state index contributed by atoms with van der Waals surface area (Å²) < 4.78 is 0. The Hall–Kier alpha value is -2.13. The summed E-state index contributed by atoms with van der Waals surface area (Å²) in [5.41, 5.74) is 3.49. The first-order chi connectivity index (χ1) is 8.92. The summed E-state index contributed by atoms with van der Waals surface area (Å²) in [6.45, 7) is 0. The number of anilines is 2. The topological polar surface area (TPSA) is 24.9 Å². The molecule has 0 fully saturated rings. The summed E-state index contributed by atoms with van der Waals surface area (Å²) in [4.78, 5) is 4.22. The summed E-state index contributed by atoms with van der Waals surface area (Å²) in [7, 11) is 0. The molecular formula is C15H12N2S. The van der Waals surface area contributed by atoms with E-state index >= 15 is 0 Å². The predicted molar refractivity (Wildman–Crippen MR) is 77.3 cm³/mol. The Morgan fingerprint density at radius 3 is 2.50 bits per heavy atom. The van der Waals surface area contributed by atoms with Gasteiger partial charge in [0.15, 0.2) is 5.13 Å². The molecule has 1 heterocycles. The van der Waals surface area contributed by atoms with Crippen LogP contribution in [0.5, 0.6) is 0 Å². The summed E-state index contributed by atoms with van der Waals surface area (Å²) in [5, 5.41) is 6.18. The van der Waals surface area contributed by atoms with Crippen molar-refractivity contribution in [2.24, 2.45) is 0 Å². The quantitative estimate of drug-likeness (QED) is 0.739. The smallest absolute Gasteiger partial charge is 0.187 e. The molecule has 0 radical (unpaired) electrons. The molecule has 0 aliphatic heterocycles. The van der Waals surface area contributed by atoms with Crippen LogP contribution >= 0.6 is 11.3 Å². The van der Waals surface area contributed by atoms with E-state index in [1.807, 2.05) is 17.5 Å². The van der Waals surface area contributed by atoms with Gasteiger partial charge in [0.05, 0.1) is 0 Å². The van der Waals surface area contributed by atoms with E-state index in [0.29, 0.717) is 0 Å². The van der Waals surface area contributed by atoms with Crippen molar-refractivity contribution in [3.05, 3.63) is 66.2 Å². The van der Waals surface area contributed by atoms with Gasteiger partial charge in [0.2, 0.25) is 0 Å². The van der Waals surface area contributed by atoms with E-state index < -0.39 is 0 Å². The van der Waals surface area contributed by atoms with Gasteiger partial charge in [0.1, 0.15) is 0 Å². The van der Waals surface area contributed by atoms with Crippen LogP contribution in [-0.2, 0) is 0 Å². The number of hydrogen-bond acceptors (Lipinski definition) is 3. The maximum atomic E-state index is 4.22. The van der Waals surface area contributed by atoms with Crippen LogP contribution in [0.3, 0.4) is 0 Å². The van der Waals surface area contributed by atoms with E-state index in [4.69, 9.17) is 0 Å². The average molecular weight is 252 g/mol. The highest BCUT2D eigenvalue weighted by Gasteiger charge is 2.00. The van der Waals surface area contributed by atoms with Crippen LogP contribution in [0.4, 0.5) is 10.8 Å². The second-order valence-electron chi connectivity index (χ2n) is 3.91. The van der Waals surface area contributed by atoms with Crippen LogP contribution in [0.15, 0.2) is 66.2 Å². The van der Waals surface area contributed by atoms with E-state index in [2.05, 4.69) is 52.8 Å². The van der Waals surface area contributed by atoms with Crippen molar-refractivity contribution in [1.82, 2.24) is 4.98 Å². The maximum absolute atomic E-state index is 4.22. The minimum Gasteiger partial charge on any atom is -0.332 e. The summed E-state index contributed by atoms with van der Waals surface area (Å²) in [6.07, 6.45) is 1.80. The average Bonchev–Trinajstić information content (AvgIpc) is 2.93. The molecule has 0 aliphatic carbocycles. The van der Waals surface area contributed by atoms with Crippen LogP contribution < -0.4 is 5.32 Å². The second-order valence-corrected chi connectivity index (χ2v) is 4.80. The molecule has 18 heavy (non-hydrogen) atoms. The van der Waals surface area contributed by atoms with E-state index in [9.17, 15) is 0 Å². The zero-order valence-electron chi connectivity index (χ0n) is 9.71. The molecule has 0 saturated carbocycles. The molecule has 1 aromatic heterocycles. The lowest BCUT2D eigenvalue weighted by atomic mass is 10.1. The number of aromatic nitrogens is 1. The lowest BCUT2D eigenvalue weighted by molar-refractivity contribution is 1.39. The van der Waals surface area contributed by atoms with Crippen LogP contribution in [0, 0.1) is 0 Å². The molecule has 3 rings (SSSR count). The Bertz CT molecular complexity index is 618. The number of thiazole rings is 1. The third-order valence-corrected chi connectivity index (χ3v) is 3.34. The van der Waals surface area contributed by atoms with E-state index in [0.717, 1.165) is 10.8 Å². The number of benzene rings is 2. The summed E-state index contributed by atoms with van der Waals surface area (Å²) >= 11 is 1.60. The zero-order valence-corrected chi connectivity index (χ0v) is 10.5. The second kappa shape index (κ2) is 5.02. The third kappa shape index (κ3) is 2.41. The van der Waals surface area contributed by atoms with Gasteiger partial charge in [0.25, 0.3) is 0 Å². The monoisotopic (exact) mass is 252 g/mol. The molecule has 2 nitrogen and oxygen atoms in total. The Balaban J connectivity index is 1.90. The molecule has 1 N–H and O–H groups in total. The van der Waals surface area contributed by atoms with Gasteiger partial charge in [-0.15, -0.1) is 11.3 Å². The highest BCUT2D eigenvalue weighted by molar-refractivity contribution is 7.13. The molecule has 0 aliphatic rings. The van der Waals surface area contributed by atoms with E-state index in [1.165, 1.54) is 11.1 Å². The van der Waals surface area contributed by atoms with Gasteiger partial charge in [-0.2, -0.15) is 0 Å². The summed E-state index contributed by atoms with van der Waals surface area (Å²) in [5.74, 6) is 0. The lowest BCUT2D eigenvalue weighted by Crippen LogP contribution is -1.89. The SMILES string of the molecule is c1ccc(-c2cccc(Nc3nccs3)c2)cc1. The number of hydrogen-bond donors (Lipinski definition) is 1. The number of nitrogens with one attached hydrogen (secondary N) is 1. The molecule has 3 heteroatoms.